The topological polar surface area (TPSA) is 113 Å². The van der Waals surface area contributed by atoms with Gasteiger partial charge in [0.2, 0.25) is 0 Å². The summed E-state index contributed by atoms with van der Waals surface area (Å²) in [5.74, 6) is 0.259. The fourth-order valence-corrected chi connectivity index (χ4v) is 3.17. The van der Waals surface area contributed by atoms with E-state index in [0.717, 1.165) is 0 Å². The van der Waals surface area contributed by atoms with E-state index in [1.54, 1.807) is 53.1 Å². The number of ether oxygens (including phenoxy) is 1. The van der Waals surface area contributed by atoms with Gasteiger partial charge in [0.25, 0.3) is 5.96 Å². The van der Waals surface area contributed by atoms with Crippen molar-refractivity contribution >= 4 is 23.5 Å². The van der Waals surface area contributed by atoms with Crippen molar-refractivity contribution in [3.8, 4) is 0 Å². The molecule has 11 heteroatoms. The molecule has 1 atom stereocenters. The number of benzene rings is 1. The molecule has 2 aromatic rings. The molecular formula is C18H20ClN5O5. The second kappa shape index (κ2) is 9.39. The number of guanidine groups is 1. The average Bonchev–Trinajstić information content (AvgIpc) is 3.18. The van der Waals surface area contributed by atoms with Crippen molar-refractivity contribution in [2.45, 2.75) is 19.5 Å². The molecule has 0 radical (unpaired) electrons. The second-order valence-corrected chi connectivity index (χ2v) is 6.65. The first-order valence-corrected chi connectivity index (χ1v) is 9.26. The van der Waals surface area contributed by atoms with E-state index in [-0.39, 0.29) is 32.4 Å². The molecule has 0 bridgehead atoms. The maximum atomic E-state index is 12.7. The van der Waals surface area contributed by atoms with Crippen LogP contribution in [0.4, 0.5) is 0 Å². The van der Waals surface area contributed by atoms with Crippen LogP contribution in [-0.2, 0) is 16.1 Å². The smallest absolute Gasteiger partial charge is 0.328 e. The standard InChI is InChI=1S/C18H20ClN5O5/c1-2-28-17(25)16(13-5-7-14(19)8-6-13)23-11-20-18(21-24(26)27)22(12-23)10-15-4-3-9-29-15/h3-9,16H,2,10-12H2,1H3,(H,20,21). The number of carbonyl (C=O) groups excluding carboxylic acids is 1. The van der Waals surface area contributed by atoms with Gasteiger partial charge in [0.15, 0.2) is 5.03 Å². The Bertz CT molecular complexity index is 871. The molecule has 1 saturated heterocycles. The summed E-state index contributed by atoms with van der Waals surface area (Å²) in [6.45, 7) is 2.55. The molecular weight excluding hydrogens is 402 g/mol. The lowest BCUT2D eigenvalue weighted by atomic mass is 10.1. The third kappa shape index (κ3) is 5.24. The van der Waals surface area contributed by atoms with Gasteiger partial charge in [0.05, 0.1) is 32.8 Å². The summed E-state index contributed by atoms with van der Waals surface area (Å²) in [5.41, 5.74) is 0.697. The molecule has 29 heavy (non-hydrogen) atoms. The monoisotopic (exact) mass is 421 g/mol. The molecule has 1 aromatic heterocycles. The molecule has 1 fully saturated rings. The predicted molar refractivity (Wildman–Crippen MR) is 104 cm³/mol. The van der Waals surface area contributed by atoms with E-state index in [1.165, 1.54) is 6.26 Å². The van der Waals surface area contributed by atoms with Crippen molar-refractivity contribution in [3.05, 3.63) is 69.1 Å². The summed E-state index contributed by atoms with van der Waals surface area (Å²) in [5, 5.41) is 17.0. The third-order valence-corrected chi connectivity index (χ3v) is 4.51. The van der Waals surface area contributed by atoms with E-state index < -0.39 is 17.0 Å². The lowest BCUT2D eigenvalue weighted by Crippen LogP contribution is -2.58. The first-order valence-electron chi connectivity index (χ1n) is 8.88. The summed E-state index contributed by atoms with van der Waals surface area (Å²) in [7, 11) is 0. The highest BCUT2D eigenvalue weighted by Crippen LogP contribution is 2.26. The van der Waals surface area contributed by atoms with Crippen LogP contribution in [0.2, 0.25) is 5.02 Å². The molecule has 3 rings (SSSR count). The van der Waals surface area contributed by atoms with Gasteiger partial charge >= 0.3 is 5.97 Å². The minimum Gasteiger partial charge on any atom is -0.467 e. The van der Waals surface area contributed by atoms with Crippen LogP contribution in [0.5, 0.6) is 0 Å². The number of nitro groups is 1. The molecule has 1 N–H and O–H groups in total. The molecule has 0 spiro atoms. The second-order valence-electron chi connectivity index (χ2n) is 6.21. The van der Waals surface area contributed by atoms with Gasteiger partial charge in [0, 0.05) is 5.02 Å². The molecule has 1 aliphatic rings. The largest absolute Gasteiger partial charge is 0.467 e. The van der Waals surface area contributed by atoms with Crippen LogP contribution in [0.1, 0.15) is 24.3 Å². The van der Waals surface area contributed by atoms with Gasteiger partial charge in [-0.2, -0.15) is 0 Å². The molecule has 1 unspecified atom stereocenters. The summed E-state index contributed by atoms with van der Waals surface area (Å²) in [4.78, 5) is 27.0. The highest BCUT2D eigenvalue weighted by atomic mass is 35.5. The molecule has 0 amide bonds. The number of halogens is 1. The van der Waals surface area contributed by atoms with Gasteiger partial charge in [-0.05, 0) is 36.8 Å². The van der Waals surface area contributed by atoms with Gasteiger partial charge in [0.1, 0.15) is 16.9 Å². The maximum Gasteiger partial charge on any atom is 0.328 e. The Kier molecular flexibility index (Phi) is 6.68. The van der Waals surface area contributed by atoms with E-state index >= 15 is 0 Å². The van der Waals surface area contributed by atoms with Crippen molar-refractivity contribution in [1.82, 2.24) is 15.1 Å². The quantitative estimate of drug-likeness (QED) is 0.412. The Morgan fingerprint density at radius 2 is 2.17 bits per heavy atom. The average molecular weight is 422 g/mol. The number of carbonyl (C=O) groups is 1. The molecule has 0 saturated carbocycles. The third-order valence-electron chi connectivity index (χ3n) is 4.26. The number of nitrogens with zero attached hydrogens (tertiary/aromatic N) is 4. The fraction of sp³-hybridized carbons (Fsp3) is 0.333. The van der Waals surface area contributed by atoms with Crippen LogP contribution in [0, 0.1) is 10.1 Å². The first-order chi connectivity index (χ1) is 14.0. The van der Waals surface area contributed by atoms with E-state index in [1.807, 2.05) is 0 Å². The molecule has 154 valence electrons. The Labute approximate surface area is 171 Å². The van der Waals surface area contributed by atoms with Gasteiger partial charge in [-0.1, -0.05) is 23.7 Å². The van der Waals surface area contributed by atoms with E-state index in [9.17, 15) is 14.9 Å². The fourth-order valence-electron chi connectivity index (χ4n) is 3.05. The minimum absolute atomic E-state index is 0.0846. The van der Waals surface area contributed by atoms with Crippen LogP contribution >= 0.6 is 11.6 Å². The number of nitrogens with one attached hydrogen (secondary N) is 1. The molecule has 10 nitrogen and oxygen atoms in total. The Morgan fingerprint density at radius 1 is 1.41 bits per heavy atom. The van der Waals surface area contributed by atoms with Crippen molar-refractivity contribution < 1.29 is 19.0 Å². The maximum absolute atomic E-state index is 12.7. The zero-order chi connectivity index (χ0) is 20.8. The predicted octanol–water partition coefficient (Wildman–Crippen LogP) is 2.41. The SMILES string of the molecule is CCOC(=O)C(c1ccc(Cl)cc1)N1CN/C(=N\[N+](=O)[O-])N(Cc2ccco2)C1. The Morgan fingerprint density at radius 3 is 2.79 bits per heavy atom. The summed E-state index contributed by atoms with van der Waals surface area (Å²) in [6, 6.07) is 9.65. The van der Waals surface area contributed by atoms with Crippen LogP contribution < -0.4 is 5.32 Å². The van der Waals surface area contributed by atoms with Gasteiger partial charge in [-0.25, -0.2) is 14.9 Å². The zero-order valence-corrected chi connectivity index (χ0v) is 16.4. The lowest BCUT2D eigenvalue weighted by Gasteiger charge is -2.39. The minimum atomic E-state index is -0.769. The van der Waals surface area contributed by atoms with Gasteiger partial charge in [-0.15, -0.1) is 0 Å². The zero-order valence-electron chi connectivity index (χ0n) is 15.7. The van der Waals surface area contributed by atoms with Crippen LogP contribution in [0.15, 0.2) is 52.2 Å². The highest BCUT2D eigenvalue weighted by molar-refractivity contribution is 6.30. The normalized spacial score (nSPS) is 17.0. The first kappa shape index (κ1) is 20.6. The van der Waals surface area contributed by atoms with E-state index in [0.29, 0.717) is 16.3 Å². The Hall–Kier alpha value is -3.11. The summed E-state index contributed by atoms with van der Waals surface area (Å²) < 4.78 is 10.6. The molecule has 0 aliphatic carbocycles. The molecule has 1 aromatic carbocycles. The summed E-state index contributed by atoms with van der Waals surface area (Å²) >= 11 is 5.97. The number of furan rings is 1. The van der Waals surface area contributed by atoms with Gasteiger partial charge < -0.3 is 19.4 Å². The number of hydrogen-bond donors (Lipinski definition) is 1. The number of rotatable bonds is 7. The highest BCUT2D eigenvalue weighted by Gasteiger charge is 2.35. The van der Waals surface area contributed by atoms with Crippen LogP contribution in [0.3, 0.4) is 0 Å². The van der Waals surface area contributed by atoms with E-state index in [4.69, 9.17) is 20.8 Å². The summed E-state index contributed by atoms with van der Waals surface area (Å²) in [6.07, 6.45) is 1.52. The Balaban J connectivity index is 1.88. The van der Waals surface area contributed by atoms with Gasteiger partial charge in [-0.3, -0.25) is 4.90 Å². The number of esters is 1. The van der Waals surface area contributed by atoms with Crippen molar-refractivity contribution in [2.24, 2.45) is 5.10 Å². The number of hydrogen-bond acceptors (Lipinski definition) is 6. The lowest BCUT2D eigenvalue weighted by molar-refractivity contribution is -0.486. The van der Waals surface area contributed by atoms with Crippen molar-refractivity contribution in [2.75, 3.05) is 19.9 Å². The van der Waals surface area contributed by atoms with Crippen molar-refractivity contribution in [3.63, 3.8) is 0 Å². The number of hydrazone groups is 1. The van der Waals surface area contributed by atoms with Crippen LogP contribution in [-0.4, -0.2) is 46.7 Å². The van der Waals surface area contributed by atoms with E-state index in [2.05, 4.69) is 10.4 Å². The van der Waals surface area contributed by atoms with Crippen LogP contribution in [0.25, 0.3) is 0 Å². The molecule has 1 aliphatic heterocycles. The molecule has 2 heterocycles. The van der Waals surface area contributed by atoms with Crippen molar-refractivity contribution in [1.29, 1.82) is 0 Å².